The van der Waals surface area contributed by atoms with Crippen molar-refractivity contribution in [2.75, 3.05) is 17.6 Å². The SMILES string of the molecule is Nc1cc(C2(S(=O)(=O)c3c(F)cccc3F)CC2)nc(-c2ccc(NC(=O)NCC(F)F)cc2)n1. The summed E-state index contributed by atoms with van der Waals surface area (Å²) in [6.45, 7) is -0.800. The number of aromatic nitrogens is 2. The molecule has 13 heteroatoms. The Morgan fingerprint density at radius 1 is 1.06 bits per heavy atom. The molecule has 4 N–H and O–H groups in total. The van der Waals surface area contributed by atoms with Crippen LogP contribution in [0.3, 0.4) is 0 Å². The van der Waals surface area contributed by atoms with Gasteiger partial charge in [-0.3, -0.25) is 0 Å². The number of hydrogen-bond acceptors (Lipinski definition) is 6. The number of amides is 2. The highest BCUT2D eigenvalue weighted by molar-refractivity contribution is 7.92. The number of sulfone groups is 1. The molecular weight excluding hydrogens is 490 g/mol. The molecule has 4 rings (SSSR count). The van der Waals surface area contributed by atoms with Crippen LogP contribution in [0, 0.1) is 11.6 Å². The Balaban J connectivity index is 1.63. The minimum Gasteiger partial charge on any atom is -0.384 e. The Hall–Kier alpha value is -3.74. The fourth-order valence-electron chi connectivity index (χ4n) is 3.59. The molecular formula is C22H19F4N5O3S. The first-order chi connectivity index (χ1) is 16.5. The average molecular weight is 509 g/mol. The molecule has 184 valence electrons. The zero-order valence-corrected chi connectivity index (χ0v) is 18.8. The highest BCUT2D eigenvalue weighted by Gasteiger charge is 2.59. The third-order valence-electron chi connectivity index (χ3n) is 5.44. The van der Waals surface area contributed by atoms with Crippen LogP contribution in [-0.4, -0.2) is 37.4 Å². The monoisotopic (exact) mass is 509 g/mol. The van der Waals surface area contributed by atoms with Gasteiger partial charge in [-0.2, -0.15) is 0 Å². The summed E-state index contributed by atoms with van der Waals surface area (Å²) >= 11 is 0. The van der Waals surface area contributed by atoms with Gasteiger partial charge in [-0.05, 0) is 49.2 Å². The lowest BCUT2D eigenvalue weighted by molar-refractivity contribution is 0.148. The Morgan fingerprint density at radius 3 is 2.26 bits per heavy atom. The molecule has 1 fully saturated rings. The van der Waals surface area contributed by atoms with E-state index in [0.29, 0.717) is 11.3 Å². The number of urea groups is 1. The van der Waals surface area contributed by atoms with Crippen LogP contribution in [0.25, 0.3) is 11.4 Å². The van der Waals surface area contributed by atoms with E-state index in [0.717, 1.165) is 18.2 Å². The lowest BCUT2D eigenvalue weighted by atomic mass is 10.1. The minimum absolute atomic E-state index is 0.0104. The second-order valence-electron chi connectivity index (χ2n) is 7.85. The molecule has 1 aromatic heterocycles. The van der Waals surface area contributed by atoms with Crippen LogP contribution in [0.1, 0.15) is 18.5 Å². The molecule has 35 heavy (non-hydrogen) atoms. The smallest absolute Gasteiger partial charge is 0.319 e. The summed E-state index contributed by atoms with van der Waals surface area (Å²) in [7, 11) is -4.49. The zero-order chi connectivity index (χ0) is 25.4. The Kier molecular flexibility index (Phi) is 6.36. The standard InChI is InChI=1S/C22H19F4N5O3S/c23-14-2-1-3-15(24)19(14)35(33,34)22(8-9-22)16-10-18(27)31-20(30-16)12-4-6-13(7-5-12)29-21(32)28-11-17(25)26/h1-7,10,17H,8-9,11H2,(H2,27,30,31)(H2,28,29,32). The van der Waals surface area contributed by atoms with Crippen LogP contribution in [0.5, 0.6) is 0 Å². The van der Waals surface area contributed by atoms with E-state index >= 15 is 0 Å². The number of halogens is 4. The third-order valence-corrected chi connectivity index (χ3v) is 8.01. The van der Waals surface area contributed by atoms with Crippen LogP contribution >= 0.6 is 0 Å². The van der Waals surface area contributed by atoms with E-state index in [-0.39, 0.29) is 30.2 Å². The molecule has 1 heterocycles. The lowest BCUT2D eigenvalue weighted by Gasteiger charge is -2.18. The van der Waals surface area contributed by atoms with Crippen LogP contribution < -0.4 is 16.4 Å². The molecule has 2 amide bonds. The van der Waals surface area contributed by atoms with Gasteiger partial charge < -0.3 is 16.4 Å². The molecule has 0 spiro atoms. The highest BCUT2D eigenvalue weighted by Crippen LogP contribution is 2.55. The maximum atomic E-state index is 14.3. The number of rotatable bonds is 7. The molecule has 0 radical (unpaired) electrons. The molecule has 2 aromatic carbocycles. The van der Waals surface area contributed by atoms with Crippen LogP contribution in [-0.2, 0) is 14.6 Å². The van der Waals surface area contributed by atoms with E-state index < -0.39 is 50.1 Å². The summed E-state index contributed by atoms with van der Waals surface area (Å²) in [6.07, 6.45) is -2.50. The summed E-state index contributed by atoms with van der Waals surface area (Å²) in [6, 6.07) is 9.19. The van der Waals surface area contributed by atoms with E-state index in [1.54, 1.807) is 0 Å². The van der Waals surface area contributed by atoms with Gasteiger partial charge in [-0.1, -0.05) is 6.07 Å². The van der Waals surface area contributed by atoms with Crippen molar-refractivity contribution in [1.29, 1.82) is 0 Å². The van der Waals surface area contributed by atoms with Crippen molar-refractivity contribution in [2.24, 2.45) is 0 Å². The number of nitrogen functional groups attached to an aromatic ring is 1. The van der Waals surface area contributed by atoms with Gasteiger partial charge in [0.05, 0.1) is 12.2 Å². The summed E-state index contributed by atoms with van der Waals surface area (Å²) in [5.41, 5.74) is 6.60. The average Bonchev–Trinajstić information content (AvgIpc) is 3.60. The number of hydrogen-bond donors (Lipinski definition) is 3. The van der Waals surface area contributed by atoms with Crippen molar-refractivity contribution in [3.8, 4) is 11.4 Å². The summed E-state index contributed by atoms with van der Waals surface area (Å²) in [5, 5.41) is 4.38. The minimum atomic E-state index is -4.49. The van der Waals surface area contributed by atoms with Crippen LogP contribution in [0.15, 0.2) is 53.4 Å². The van der Waals surface area contributed by atoms with Crippen molar-refractivity contribution >= 4 is 27.4 Å². The van der Waals surface area contributed by atoms with Gasteiger partial charge >= 0.3 is 6.03 Å². The second kappa shape index (κ2) is 9.13. The van der Waals surface area contributed by atoms with Crippen molar-refractivity contribution in [3.63, 3.8) is 0 Å². The molecule has 1 aliphatic carbocycles. The van der Waals surface area contributed by atoms with E-state index in [1.807, 2.05) is 5.32 Å². The number of alkyl halides is 2. The maximum Gasteiger partial charge on any atom is 0.319 e. The molecule has 8 nitrogen and oxygen atoms in total. The number of anilines is 2. The predicted octanol–water partition coefficient (Wildman–Crippen LogP) is 3.85. The molecule has 0 saturated heterocycles. The molecule has 1 aliphatic rings. The number of nitrogens with two attached hydrogens (primary N) is 1. The van der Waals surface area contributed by atoms with Crippen molar-refractivity contribution in [3.05, 3.63) is 65.9 Å². The second-order valence-corrected chi connectivity index (χ2v) is 10.1. The number of benzene rings is 2. The Morgan fingerprint density at radius 2 is 1.69 bits per heavy atom. The number of nitrogens with one attached hydrogen (secondary N) is 2. The Labute approximate surface area is 197 Å². The maximum absolute atomic E-state index is 14.3. The van der Waals surface area contributed by atoms with Gasteiger partial charge in [0.15, 0.2) is 15.7 Å². The van der Waals surface area contributed by atoms with Gasteiger partial charge in [0.2, 0.25) is 0 Å². The van der Waals surface area contributed by atoms with Gasteiger partial charge in [0, 0.05) is 17.3 Å². The first kappa shape index (κ1) is 24.4. The zero-order valence-electron chi connectivity index (χ0n) is 17.9. The normalized spacial score (nSPS) is 14.5. The van der Waals surface area contributed by atoms with Gasteiger partial charge in [-0.15, -0.1) is 0 Å². The lowest BCUT2D eigenvalue weighted by Crippen LogP contribution is -2.32. The van der Waals surface area contributed by atoms with E-state index in [2.05, 4.69) is 15.3 Å². The van der Waals surface area contributed by atoms with Crippen molar-refractivity contribution in [1.82, 2.24) is 15.3 Å². The van der Waals surface area contributed by atoms with Gasteiger partial charge in [0.1, 0.15) is 27.1 Å². The predicted molar refractivity (Wildman–Crippen MR) is 119 cm³/mol. The molecule has 1 saturated carbocycles. The first-order valence-electron chi connectivity index (χ1n) is 10.3. The van der Waals surface area contributed by atoms with Gasteiger partial charge in [-0.25, -0.2) is 40.7 Å². The number of nitrogens with zero attached hydrogens (tertiary/aromatic N) is 2. The van der Waals surface area contributed by atoms with Crippen molar-refractivity contribution < 1.29 is 30.8 Å². The molecule has 3 aromatic rings. The Bertz CT molecular complexity index is 1360. The largest absolute Gasteiger partial charge is 0.384 e. The fourth-order valence-corrected chi connectivity index (χ4v) is 5.65. The van der Waals surface area contributed by atoms with E-state index in [1.165, 1.54) is 30.3 Å². The number of carbonyl (C=O) groups is 1. The van der Waals surface area contributed by atoms with E-state index in [4.69, 9.17) is 5.73 Å². The molecule has 0 bridgehead atoms. The highest BCUT2D eigenvalue weighted by atomic mass is 32.2. The third kappa shape index (κ3) is 4.76. The van der Waals surface area contributed by atoms with Crippen molar-refractivity contribution in [2.45, 2.75) is 28.9 Å². The van der Waals surface area contributed by atoms with Crippen LogP contribution in [0.4, 0.5) is 33.9 Å². The first-order valence-corrected chi connectivity index (χ1v) is 11.8. The van der Waals surface area contributed by atoms with Gasteiger partial charge in [0.25, 0.3) is 6.43 Å². The summed E-state index contributed by atoms with van der Waals surface area (Å²) in [5.74, 6) is -2.38. The quantitative estimate of drug-likeness (QED) is 0.415. The van der Waals surface area contributed by atoms with E-state index in [9.17, 15) is 30.8 Å². The van der Waals surface area contributed by atoms with Crippen LogP contribution in [0.2, 0.25) is 0 Å². The summed E-state index contributed by atoms with van der Waals surface area (Å²) < 4.78 is 77.9. The molecule has 0 unspecified atom stereocenters. The molecule has 0 atom stereocenters. The topological polar surface area (TPSA) is 127 Å². The fraction of sp³-hybridized carbons (Fsp3) is 0.227. The molecule has 0 aliphatic heterocycles. The number of carbonyl (C=O) groups excluding carboxylic acids is 1. The summed E-state index contributed by atoms with van der Waals surface area (Å²) in [4.78, 5) is 19.1.